The fourth-order valence-corrected chi connectivity index (χ4v) is 3.37. The number of aromatic nitrogens is 2. The van der Waals surface area contributed by atoms with E-state index in [4.69, 9.17) is 9.84 Å². The fraction of sp³-hybridized carbons (Fsp3) is 0.429. The minimum Gasteiger partial charge on any atom is -0.481 e. The topological polar surface area (TPSA) is 64.3 Å². The number of nitrogens with zero attached hydrogens (tertiary/aromatic N) is 2. The molecule has 21 heavy (non-hydrogen) atoms. The van der Waals surface area contributed by atoms with Crippen LogP contribution in [0.25, 0.3) is 11.0 Å². The quantitative estimate of drug-likeness (QED) is 0.880. The Kier molecular flexibility index (Phi) is 4.12. The van der Waals surface area contributed by atoms with Gasteiger partial charge in [0.15, 0.2) is 5.16 Å². The molecule has 2 heterocycles. The molecule has 1 aromatic heterocycles. The average Bonchev–Trinajstić information content (AvgIpc) is 2.83. The highest BCUT2D eigenvalue weighted by Gasteiger charge is 2.22. The third-order valence-corrected chi connectivity index (χ3v) is 4.44. The zero-order chi connectivity index (χ0) is 14.8. The molecule has 3 rings (SSSR count). The van der Waals surface area contributed by atoms with Crippen molar-refractivity contribution < 1.29 is 19.0 Å². The van der Waals surface area contributed by atoms with Crippen molar-refractivity contribution in [3.8, 4) is 0 Å². The minimum absolute atomic E-state index is 0.0605. The minimum atomic E-state index is -0.892. The van der Waals surface area contributed by atoms with Gasteiger partial charge in [0.05, 0.1) is 16.8 Å². The molecular weight excluding hydrogens is 295 g/mol. The Balaban J connectivity index is 2.04. The van der Waals surface area contributed by atoms with E-state index in [1.54, 1.807) is 6.07 Å². The third-order valence-electron chi connectivity index (χ3n) is 3.50. The molecule has 2 aromatic rings. The largest absolute Gasteiger partial charge is 0.481 e. The smallest absolute Gasteiger partial charge is 0.313 e. The molecule has 7 heteroatoms. The lowest BCUT2D eigenvalue weighted by molar-refractivity contribution is -0.133. The predicted octanol–water partition coefficient (Wildman–Crippen LogP) is 2.70. The van der Waals surface area contributed by atoms with Gasteiger partial charge in [-0.15, -0.1) is 0 Å². The number of halogens is 1. The first kappa shape index (κ1) is 14.3. The van der Waals surface area contributed by atoms with E-state index in [0.717, 1.165) is 18.4 Å². The molecule has 1 aliphatic heterocycles. The summed E-state index contributed by atoms with van der Waals surface area (Å²) in [6.07, 6.45) is 1.64. The summed E-state index contributed by atoms with van der Waals surface area (Å²) in [5, 5.41) is 9.49. The van der Waals surface area contributed by atoms with Gasteiger partial charge in [0.25, 0.3) is 0 Å². The van der Waals surface area contributed by atoms with Crippen molar-refractivity contribution in [2.24, 2.45) is 0 Å². The molecule has 0 atom stereocenters. The number of aliphatic carboxylic acids is 1. The second-order valence-corrected chi connectivity index (χ2v) is 5.87. The molecule has 0 aliphatic carbocycles. The second-order valence-electron chi connectivity index (χ2n) is 4.92. The van der Waals surface area contributed by atoms with Gasteiger partial charge < -0.3 is 14.4 Å². The van der Waals surface area contributed by atoms with Gasteiger partial charge >= 0.3 is 5.97 Å². The zero-order valence-electron chi connectivity index (χ0n) is 11.3. The number of carboxylic acid groups (broad SMARTS) is 1. The summed E-state index contributed by atoms with van der Waals surface area (Å²) in [5.74, 6) is -1.27. The fourth-order valence-electron chi connectivity index (χ4n) is 2.57. The molecule has 0 bridgehead atoms. The van der Waals surface area contributed by atoms with Crippen LogP contribution in [0, 0.1) is 5.82 Å². The number of fused-ring (bicyclic) bond motifs is 1. The molecular formula is C14H15FN2O3S. The molecule has 1 fully saturated rings. The van der Waals surface area contributed by atoms with Gasteiger partial charge in [-0.25, -0.2) is 9.37 Å². The summed E-state index contributed by atoms with van der Waals surface area (Å²) < 4.78 is 20.9. The van der Waals surface area contributed by atoms with Crippen LogP contribution in [0.5, 0.6) is 0 Å². The van der Waals surface area contributed by atoms with Crippen molar-refractivity contribution in [3.63, 3.8) is 0 Å². The van der Waals surface area contributed by atoms with Crippen LogP contribution >= 0.6 is 11.8 Å². The number of benzene rings is 1. The van der Waals surface area contributed by atoms with Gasteiger partial charge in [0, 0.05) is 19.3 Å². The van der Waals surface area contributed by atoms with E-state index < -0.39 is 5.97 Å². The number of imidazole rings is 1. The monoisotopic (exact) mass is 310 g/mol. The number of carboxylic acids is 1. The lowest BCUT2D eigenvalue weighted by atomic mass is 10.1. The van der Waals surface area contributed by atoms with E-state index >= 15 is 0 Å². The SMILES string of the molecule is O=C(O)CSc1nc2ccc(F)cc2n1C1CCOCC1. The first-order valence-electron chi connectivity index (χ1n) is 6.75. The molecule has 1 aliphatic rings. The number of hydrogen-bond acceptors (Lipinski definition) is 4. The van der Waals surface area contributed by atoms with Crippen molar-refractivity contribution in [2.45, 2.75) is 24.0 Å². The molecule has 1 saturated heterocycles. The number of thioether (sulfide) groups is 1. The van der Waals surface area contributed by atoms with Crippen LogP contribution < -0.4 is 0 Å². The van der Waals surface area contributed by atoms with Crippen LogP contribution in [0.15, 0.2) is 23.4 Å². The van der Waals surface area contributed by atoms with Gasteiger partial charge in [-0.3, -0.25) is 4.79 Å². The third kappa shape index (κ3) is 3.03. The van der Waals surface area contributed by atoms with E-state index in [2.05, 4.69) is 4.98 Å². The van der Waals surface area contributed by atoms with Crippen molar-refractivity contribution in [3.05, 3.63) is 24.0 Å². The summed E-state index contributed by atoms with van der Waals surface area (Å²) in [4.78, 5) is 15.2. The first-order chi connectivity index (χ1) is 10.1. The van der Waals surface area contributed by atoms with Crippen LogP contribution in [-0.4, -0.2) is 39.6 Å². The lowest BCUT2D eigenvalue weighted by Gasteiger charge is -2.25. The van der Waals surface area contributed by atoms with Crippen molar-refractivity contribution >= 4 is 28.8 Å². The Hall–Kier alpha value is -1.60. The summed E-state index contributed by atoms with van der Waals surface area (Å²) in [7, 11) is 0. The summed E-state index contributed by atoms with van der Waals surface area (Å²) in [6, 6.07) is 4.63. The number of hydrogen-bond donors (Lipinski definition) is 1. The molecule has 0 spiro atoms. The maximum Gasteiger partial charge on any atom is 0.313 e. The molecule has 1 aromatic carbocycles. The van der Waals surface area contributed by atoms with E-state index in [1.807, 2.05) is 4.57 Å². The Bertz CT molecular complexity index is 668. The van der Waals surface area contributed by atoms with Gasteiger partial charge in [0.2, 0.25) is 0 Å². The van der Waals surface area contributed by atoms with Crippen LogP contribution in [0.2, 0.25) is 0 Å². The maximum atomic E-state index is 13.5. The van der Waals surface area contributed by atoms with E-state index in [0.29, 0.717) is 23.9 Å². The highest BCUT2D eigenvalue weighted by atomic mass is 32.2. The number of ether oxygens (including phenoxy) is 1. The van der Waals surface area contributed by atoms with Crippen LogP contribution in [0.1, 0.15) is 18.9 Å². The summed E-state index contributed by atoms with van der Waals surface area (Å²) >= 11 is 1.17. The van der Waals surface area contributed by atoms with Crippen LogP contribution in [-0.2, 0) is 9.53 Å². The van der Waals surface area contributed by atoms with Gasteiger partial charge in [-0.05, 0) is 31.0 Å². The van der Waals surface area contributed by atoms with Gasteiger partial charge in [-0.1, -0.05) is 11.8 Å². The molecule has 1 N–H and O–H groups in total. The van der Waals surface area contributed by atoms with E-state index in [1.165, 1.54) is 23.9 Å². The first-order valence-corrected chi connectivity index (χ1v) is 7.73. The normalized spacial score (nSPS) is 16.4. The van der Waals surface area contributed by atoms with Crippen molar-refractivity contribution in [1.29, 1.82) is 0 Å². The highest BCUT2D eigenvalue weighted by molar-refractivity contribution is 7.99. The molecule has 0 unspecified atom stereocenters. The highest BCUT2D eigenvalue weighted by Crippen LogP contribution is 2.32. The zero-order valence-corrected chi connectivity index (χ0v) is 12.1. The predicted molar refractivity (Wildman–Crippen MR) is 77.1 cm³/mol. The lowest BCUT2D eigenvalue weighted by Crippen LogP contribution is -2.20. The standard InChI is InChI=1S/C14H15FN2O3S/c15-9-1-2-11-12(7-9)17(10-3-5-20-6-4-10)14(16-11)21-8-13(18)19/h1-2,7,10H,3-6,8H2,(H,18,19). The van der Waals surface area contributed by atoms with Crippen molar-refractivity contribution in [1.82, 2.24) is 9.55 Å². The van der Waals surface area contributed by atoms with Gasteiger partial charge in [0.1, 0.15) is 5.82 Å². The molecule has 0 saturated carbocycles. The average molecular weight is 310 g/mol. The van der Waals surface area contributed by atoms with Crippen LogP contribution in [0.3, 0.4) is 0 Å². The molecule has 5 nitrogen and oxygen atoms in total. The van der Waals surface area contributed by atoms with Gasteiger partial charge in [-0.2, -0.15) is 0 Å². The second kappa shape index (κ2) is 6.03. The molecule has 0 radical (unpaired) electrons. The van der Waals surface area contributed by atoms with Crippen molar-refractivity contribution in [2.75, 3.05) is 19.0 Å². The number of carbonyl (C=O) groups is 1. The summed E-state index contributed by atoms with van der Waals surface area (Å²) in [5.41, 5.74) is 1.41. The van der Waals surface area contributed by atoms with E-state index in [-0.39, 0.29) is 17.6 Å². The van der Waals surface area contributed by atoms with Crippen LogP contribution in [0.4, 0.5) is 4.39 Å². The Morgan fingerprint density at radius 2 is 2.24 bits per heavy atom. The Labute approximate surface area is 125 Å². The Morgan fingerprint density at radius 3 is 2.95 bits per heavy atom. The molecule has 0 amide bonds. The summed E-state index contributed by atoms with van der Waals surface area (Å²) in [6.45, 7) is 1.31. The number of rotatable bonds is 4. The molecule has 112 valence electrons. The maximum absolute atomic E-state index is 13.5. The van der Waals surface area contributed by atoms with E-state index in [9.17, 15) is 9.18 Å². The Morgan fingerprint density at radius 1 is 1.48 bits per heavy atom.